The third kappa shape index (κ3) is 6.84. The summed E-state index contributed by atoms with van der Waals surface area (Å²) in [6, 6.07) is 0. The van der Waals surface area contributed by atoms with E-state index in [0.717, 1.165) is 66.3 Å². The molecule has 4 aliphatic rings. The summed E-state index contributed by atoms with van der Waals surface area (Å²) in [7, 11) is 3.42. The van der Waals surface area contributed by atoms with Crippen molar-refractivity contribution in [2.24, 2.45) is 46.3 Å². The largest absolute Gasteiger partial charge is 0.462 e. The van der Waals surface area contributed by atoms with Crippen LogP contribution in [0.4, 0.5) is 0 Å². The van der Waals surface area contributed by atoms with Gasteiger partial charge in [-0.05, 0) is 97.7 Å². The molecule has 0 bridgehead atoms. The second-order valence-corrected chi connectivity index (χ2v) is 16.8. The molecule has 218 valence electrons. The Bertz CT molecular complexity index is 812. The van der Waals surface area contributed by atoms with E-state index >= 15 is 0 Å². The number of carbonyl (C=O) groups is 1. The van der Waals surface area contributed by atoms with Crippen LogP contribution in [0, 0.1) is 46.3 Å². The van der Waals surface area contributed by atoms with E-state index in [4.69, 9.17) is 9.84 Å². The Balaban J connectivity index is 1.31. The number of hydrogen-bond donors (Lipinski definition) is 1. The van der Waals surface area contributed by atoms with Crippen molar-refractivity contribution in [2.45, 2.75) is 124 Å². The van der Waals surface area contributed by atoms with Crippen LogP contribution in [0.25, 0.3) is 0 Å². The number of carbonyl (C=O) groups excluding carboxylic acids is 1. The van der Waals surface area contributed by atoms with Gasteiger partial charge >= 0.3 is 5.97 Å². The molecule has 0 aromatic heterocycles. The van der Waals surface area contributed by atoms with Gasteiger partial charge < -0.3 is 9.84 Å². The monoisotopic (exact) mass is 564 g/mol. The van der Waals surface area contributed by atoms with E-state index in [9.17, 15) is 4.79 Å². The Kier molecular flexibility index (Phi) is 11.1. The molecular weight excluding hydrogens is 508 g/mol. The van der Waals surface area contributed by atoms with Crippen LogP contribution >= 0.6 is 21.6 Å². The number of rotatable bonds is 13. The van der Waals surface area contributed by atoms with Crippen LogP contribution in [0.3, 0.4) is 0 Å². The molecule has 0 aromatic rings. The van der Waals surface area contributed by atoms with E-state index in [2.05, 4.69) is 40.7 Å². The molecule has 4 unspecified atom stereocenters. The number of aliphatic hydroxyl groups is 1. The minimum Gasteiger partial charge on any atom is -0.462 e. The molecule has 3 saturated carbocycles. The van der Waals surface area contributed by atoms with Crippen LogP contribution in [-0.4, -0.2) is 35.3 Å². The first-order chi connectivity index (χ1) is 18.2. The van der Waals surface area contributed by atoms with Crippen LogP contribution in [0.2, 0.25) is 0 Å². The molecule has 1 N–H and O–H groups in total. The summed E-state index contributed by atoms with van der Waals surface area (Å²) in [6.45, 7) is 12.8. The highest BCUT2D eigenvalue weighted by molar-refractivity contribution is 8.76. The molecule has 38 heavy (non-hydrogen) atoms. The number of allylic oxidation sites excluding steroid dienone is 1. The lowest BCUT2D eigenvalue weighted by atomic mass is 9.47. The quantitative estimate of drug-likeness (QED) is 0.105. The van der Waals surface area contributed by atoms with Crippen LogP contribution < -0.4 is 0 Å². The van der Waals surface area contributed by atoms with Gasteiger partial charge in [-0.2, -0.15) is 0 Å². The highest BCUT2D eigenvalue weighted by atomic mass is 33.1. The summed E-state index contributed by atoms with van der Waals surface area (Å²) in [5.74, 6) is 6.87. The molecule has 0 spiro atoms. The van der Waals surface area contributed by atoms with E-state index < -0.39 is 0 Å². The van der Waals surface area contributed by atoms with Crippen molar-refractivity contribution in [1.82, 2.24) is 0 Å². The van der Waals surface area contributed by atoms with Crippen LogP contribution in [-0.2, 0) is 9.53 Å². The zero-order valence-electron chi connectivity index (χ0n) is 25.0. The average Bonchev–Trinajstić information content (AvgIpc) is 3.23. The first kappa shape index (κ1) is 30.8. The van der Waals surface area contributed by atoms with Crippen molar-refractivity contribution in [1.29, 1.82) is 0 Å². The summed E-state index contributed by atoms with van der Waals surface area (Å²) >= 11 is 0. The van der Waals surface area contributed by atoms with Gasteiger partial charge in [0, 0.05) is 24.3 Å². The molecule has 3 nitrogen and oxygen atoms in total. The molecule has 3 fully saturated rings. The fourth-order valence-corrected chi connectivity index (χ4v) is 11.3. The van der Waals surface area contributed by atoms with Gasteiger partial charge in [0.25, 0.3) is 0 Å². The number of esters is 1. The van der Waals surface area contributed by atoms with Gasteiger partial charge in [0.1, 0.15) is 6.10 Å². The second kappa shape index (κ2) is 13.7. The smallest absolute Gasteiger partial charge is 0.306 e. The summed E-state index contributed by atoms with van der Waals surface area (Å²) in [4.78, 5) is 12.5. The fraction of sp³-hybridized carbons (Fsp3) is 0.909. The summed E-state index contributed by atoms with van der Waals surface area (Å²) in [5, 5.41) is 8.87. The minimum atomic E-state index is -0.0198. The molecule has 0 amide bonds. The number of ether oxygens (including phenoxy) is 1. The number of fused-ring (bicyclic) bond motifs is 5. The molecule has 0 heterocycles. The maximum Gasteiger partial charge on any atom is 0.306 e. The van der Waals surface area contributed by atoms with Crippen LogP contribution in [0.1, 0.15) is 118 Å². The predicted octanol–water partition coefficient (Wildman–Crippen LogP) is 9.09. The van der Waals surface area contributed by atoms with Gasteiger partial charge in [-0.25, -0.2) is 0 Å². The van der Waals surface area contributed by atoms with Gasteiger partial charge in [-0.3, -0.25) is 4.79 Å². The molecule has 4 rings (SSSR count). The molecule has 8 atom stereocenters. The zero-order chi connectivity index (χ0) is 27.3. The van der Waals surface area contributed by atoms with Crippen molar-refractivity contribution in [3.05, 3.63) is 11.6 Å². The van der Waals surface area contributed by atoms with Gasteiger partial charge in [0.2, 0.25) is 0 Å². The van der Waals surface area contributed by atoms with E-state index in [1.54, 1.807) is 27.2 Å². The Hall–Kier alpha value is -0.130. The van der Waals surface area contributed by atoms with E-state index in [1.807, 2.05) is 0 Å². The van der Waals surface area contributed by atoms with E-state index in [-0.39, 0.29) is 18.7 Å². The third-order valence-corrected chi connectivity index (χ3v) is 13.9. The molecule has 5 heteroatoms. The Labute approximate surface area is 241 Å². The molecule has 0 radical (unpaired) electrons. The summed E-state index contributed by atoms with van der Waals surface area (Å²) in [5.41, 5.74) is 2.47. The van der Waals surface area contributed by atoms with Crippen molar-refractivity contribution in [3.63, 3.8) is 0 Å². The maximum absolute atomic E-state index is 12.5. The highest BCUT2D eigenvalue weighted by Crippen LogP contribution is 2.67. The lowest BCUT2D eigenvalue weighted by Crippen LogP contribution is -2.51. The average molecular weight is 565 g/mol. The summed E-state index contributed by atoms with van der Waals surface area (Å²) in [6.07, 6.45) is 18.4. The molecule has 0 aromatic carbocycles. The Morgan fingerprint density at radius 3 is 2.58 bits per heavy atom. The zero-order valence-corrected chi connectivity index (χ0v) is 26.6. The first-order valence-corrected chi connectivity index (χ1v) is 18.4. The molecular formula is C33H56O3S2. The lowest BCUT2D eigenvalue weighted by Gasteiger charge is -2.58. The second-order valence-electron chi connectivity index (χ2n) is 14.1. The Morgan fingerprint density at radius 1 is 1.03 bits per heavy atom. The predicted molar refractivity (Wildman–Crippen MR) is 164 cm³/mol. The number of aliphatic hydroxyl groups excluding tert-OH is 1. The molecule has 0 saturated heterocycles. The standard InChI is InChI=1S/C33H56O3S2/c1-23(2)8-6-9-24(3)28-13-14-29-27-12-11-25-22-26(36-31(35)10-7-20-37-38-21-19-34)15-17-32(25,4)30(27)16-18-33(28,29)5/h11,23-24,26-30,34H,6-10,12-22H2,1-5H3/t24-,26+,27?,28?,29?,30?,32+,33-/m1/s1. The maximum atomic E-state index is 12.5. The fourth-order valence-electron chi connectivity index (χ4n) is 9.43. The highest BCUT2D eigenvalue weighted by Gasteiger charge is 2.59. The van der Waals surface area contributed by atoms with E-state index in [1.165, 1.54) is 57.8 Å². The molecule has 4 aliphatic carbocycles. The van der Waals surface area contributed by atoms with Crippen molar-refractivity contribution in [3.8, 4) is 0 Å². The van der Waals surface area contributed by atoms with Crippen molar-refractivity contribution in [2.75, 3.05) is 18.1 Å². The third-order valence-electron chi connectivity index (χ3n) is 11.4. The normalized spacial score (nSPS) is 37.2. The molecule has 0 aliphatic heterocycles. The minimum absolute atomic E-state index is 0.0198. The van der Waals surface area contributed by atoms with Gasteiger partial charge in [-0.15, -0.1) is 0 Å². The van der Waals surface area contributed by atoms with Gasteiger partial charge in [0.05, 0.1) is 6.61 Å². The number of hydrogen-bond acceptors (Lipinski definition) is 5. The lowest BCUT2D eigenvalue weighted by molar-refractivity contribution is -0.151. The van der Waals surface area contributed by atoms with Crippen LogP contribution in [0.15, 0.2) is 11.6 Å². The first-order valence-electron chi connectivity index (χ1n) is 15.9. The van der Waals surface area contributed by atoms with Gasteiger partial charge in [0.15, 0.2) is 0 Å². The Morgan fingerprint density at radius 2 is 1.82 bits per heavy atom. The van der Waals surface area contributed by atoms with E-state index in [0.29, 0.717) is 17.3 Å². The van der Waals surface area contributed by atoms with Crippen molar-refractivity contribution < 1.29 is 14.6 Å². The van der Waals surface area contributed by atoms with Crippen LogP contribution in [0.5, 0.6) is 0 Å². The van der Waals surface area contributed by atoms with Gasteiger partial charge in [-0.1, -0.05) is 87.1 Å². The van der Waals surface area contributed by atoms with Crippen molar-refractivity contribution >= 4 is 27.6 Å². The SMILES string of the molecule is CC(C)CCC[C@@H](C)C1CCC2C3CC=C4C[C@@H](OC(=O)CCCSSCCO)CC[C@]4(C)C3CC[C@@]21C. The summed E-state index contributed by atoms with van der Waals surface area (Å²) < 4.78 is 5.99. The topological polar surface area (TPSA) is 46.5 Å².